The van der Waals surface area contributed by atoms with Crippen LogP contribution in [0.2, 0.25) is 0 Å². The van der Waals surface area contributed by atoms with Crippen LogP contribution >= 0.6 is 0 Å². The molecular weight excluding hydrogens is 446 g/mol. The van der Waals surface area contributed by atoms with Crippen molar-refractivity contribution in [2.45, 2.75) is 44.3 Å². The zero-order valence-electron chi connectivity index (χ0n) is 19.6. The summed E-state index contributed by atoms with van der Waals surface area (Å²) in [6, 6.07) is 17.0. The molecule has 2 aromatic heterocycles. The van der Waals surface area contributed by atoms with Gasteiger partial charge in [-0.1, -0.05) is 59.7 Å². The lowest BCUT2D eigenvalue weighted by Gasteiger charge is -2.20. The number of nitrogens with one attached hydrogen (secondary N) is 1. The van der Waals surface area contributed by atoms with E-state index in [-0.39, 0.29) is 5.92 Å². The zero-order valence-corrected chi connectivity index (χ0v) is 19.6. The van der Waals surface area contributed by atoms with E-state index in [1.165, 1.54) is 34.9 Å². The third-order valence-electron chi connectivity index (χ3n) is 6.51. The van der Waals surface area contributed by atoms with E-state index in [2.05, 4.69) is 82.6 Å². The van der Waals surface area contributed by atoms with Crippen molar-refractivity contribution in [2.24, 2.45) is 0 Å². The zero-order chi connectivity index (χ0) is 24.5. The molecular formula is C26H29N5O4. The third-order valence-corrected chi connectivity index (χ3v) is 6.51. The second-order valence-corrected chi connectivity index (χ2v) is 9.04. The molecule has 0 amide bonds. The van der Waals surface area contributed by atoms with Crippen molar-refractivity contribution in [3.63, 3.8) is 0 Å². The molecule has 0 aliphatic carbocycles. The Hall–Kier alpha value is -3.37. The number of imidazole rings is 1. The number of hydrogen-bond acceptors (Lipinski definition) is 8. The van der Waals surface area contributed by atoms with Crippen LogP contribution in [0.15, 0.2) is 61.2 Å². The Morgan fingerprint density at radius 3 is 2.26 bits per heavy atom. The number of aliphatic hydroxyl groups excluding tert-OH is 3. The van der Waals surface area contributed by atoms with Gasteiger partial charge < -0.3 is 25.4 Å². The number of aryl methyl sites for hydroxylation is 2. The Morgan fingerprint density at radius 1 is 0.971 bits per heavy atom. The lowest BCUT2D eigenvalue weighted by atomic mass is 9.89. The maximum absolute atomic E-state index is 10.4. The first-order chi connectivity index (χ1) is 17.0. The first-order valence-corrected chi connectivity index (χ1v) is 11.6. The Bertz CT molecular complexity index is 1280. The summed E-state index contributed by atoms with van der Waals surface area (Å²) in [6.07, 6.45) is -1.28. The Kier molecular flexibility index (Phi) is 6.48. The molecule has 0 radical (unpaired) electrons. The van der Waals surface area contributed by atoms with Crippen LogP contribution in [0, 0.1) is 13.8 Å². The normalized spacial score (nSPS) is 22.2. The highest BCUT2D eigenvalue weighted by Crippen LogP contribution is 2.33. The highest BCUT2D eigenvalue weighted by molar-refractivity contribution is 5.82. The highest BCUT2D eigenvalue weighted by atomic mass is 16.6. The molecule has 1 fully saturated rings. The summed E-state index contributed by atoms with van der Waals surface area (Å²) in [7, 11) is 0. The van der Waals surface area contributed by atoms with Gasteiger partial charge >= 0.3 is 0 Å². The maximum Gasteiger partial charge on any atom is 0.167 e. The molecule has 9 heteroatoms. The van der Waals surface area contributed by atoms with Crippen molar-refractivity contribution in [3.8, 4) is 0 Å². The number of ether oxygens (including phenoxy) is 1. The number of anilines is 1. The van der Waals surface area contributed by atoms with Gasteiger partial charge in [0, 0.05) is 12.5 Å². The molecule has 0 bridgehead atoms. The minimum Gasteiger partial charge on any atom is -0.394 e. The smallest absolute Gasteiger partial charge is 0.167 e. The number of hydrogen-bond donors (Lipinski definition) is 4. The maximum atomic E-state index is 10.4. The number of rotatable bonds is 7. The van der Waals surface area contributed by atoms with Crippen molar-refractivity contribution in [1.82, 2.24) is 19.5 Å². The number of aromatic nitrogens is 4. The molecule has 1 aliphatic rings. The van der Waals surface area contributed by atoms with E-state index in [9.17, 15) is 15.3 Å². The Balaban J connectivity index is 1.45. The van der Waals surface area contributed by atoms with Crippen molar-refractivity contribution in [1.29, 1.82) is 0 Å². The largest absolute Gasteiger partial charge is 0.394 e. The first-order valence-electron chi connectivity index (χ1n) is 11.6. The van der Waals surface area contributed by atoms with Gasteiger partial charge in [-0.2, -0.15) is 0 Å². The van der Waals surface area contributed by atoms with E-state index >= 15 is 0 Å². The van der Waals surface area contributed by atoms with Gasteiger partial charge in [0.25, 0.3) is 0 Å². The summed E-state index contributed by atoms with van der Waals surface area (Å²) < 4.78 is 7.22. The van der Waals surface area contributed by atoms with Crippen LogP contribution in [0.25, 0.3) is 11.2 Å². The Labute approximate surface area is 203 Å². The van der Waals surface area contributed by atoms with Crippen LogP contribution in [0.1, 0.15) is 34.4 Å². The van der Waals surface area contributed by atoms with E-state index in [0.29, 0.717) is 23.5 Å². The topological polar surface area (TPSA) is 126 Å². The quantitative estimate of drug-likeness (QED) is 0.321. The van der Waals surface area contributed by atoms with Gasteiger partial charge in [0.2, 0.25) is 0 Å². The van der Waals surface area contributed by atoms with Crippen LogP contribution in [-0.2, 0) is 4.74 Å². The van der Waals surface area contributed by atoms with E-state index in [0.717, 1.165) is 0 Å². The molecule has 0 saturated carbocycles. The standard InChI is InChI=1S/C26H29N5O4/c1-15-5-3-7-17(9-15)19(18-8-4-6-16(2)10-18)11-27-24-21-25(29-13-28-24)31(14-30-21)26-23(34)22(33)20(12-32)35-26/h3-10,13-14,19-20,22-23,26,32-34H,11-12H2,1-2H3,(H,27,28,29). The summed E-state index contributed by atoms with van der Waals surface area (Å²) in [5.74, 6) is 0.646. The lowest BCUT2D eigenvalue weighted by Crippen LogP contribution is -2.33. The molecule has 35 heavy (non-hydrogen) atoms. The molecule has 182 valence electrons. The summed E-state index contributed by atoms with van der Waals surface area (Å²) >= 11 is 0. The summed E-state index contributed by atoms with van der Waals surface area (Å²) in [6.45, 7) is 4.35. The fourth-order valence-electron chi connectivity index (χ4n) is 4.68. The van der Waals surface area contributed by atoms with Crippen molar-refractivity contribution in [2.75, 3.05) is 18.5 Å². The van der Waals surface area contributed by atoms with Gasteiger partial charge in [0.05, 0.1) is 12.9 Å². The van der Waals surface area contributed by atoms with E-state index < -0.39 is 31.1 Å². The second-order valence-electron chi connectivity index (χ2n) is 9.04. The summed E-state index contributed by atoms with van der Waals surface area (Å²) in [5.41, 5.74) is 5.77. The number of fused-ring (bicyclic) bond motifs is 1. The number of nitrogens with zero attached hydrogens (tertiary/aromatic N) is 4. The van der Waals surface area contributed by atoms with E-state index in [1.54, 1.807) is 4.57 Å². The lowest BCUT2D eigenvalue weighted by molar-refractivity contribution is -0.0511. The Morgan fingerprint density at radius 2 is 1.66 bits per heavy atom. The van der Waals surface area contributed by atoms with Crippen LogP contribution in [-0.4, -0.2) is 66.3 Å². The molecule has 2 aromatic carbocycles. The van der Waals surface area contributed by atoms with Gasteiger partial charge in [0.15, 0.2) is 23.2 Å². The average molecular weight is 476 g/mol. The van der Waals surface area contributed by atoms with Crippen LogP contribution in [0.3, 0.4) is 0 Å². The fourth-order valence-corrected chi connectivity index (χ4v) is 4.68. The van der Waals surface area contributed by atoms with E-state index in [4.69, 9.17) is 4.74 Å². The summed E-state index contributed by atoms with van der Waals surface area (Å²) in [5, 5.41) is 33.4. The van der Waals surface area contributed by atoms with Crippen LogP contribution in [0.4, 0.5) is 5.82 Å². The third kappa shape index (κ3) is 4.51. The van der Waals surface area contributed by atoms with Gasteiger partial charge in [-0.15, -0.1) is 0 Å². The van der Waals surface area contributed by atoms with Crippen molar-refractivity contribution < 1.29 is 20.1 Å². The van der Waals surface area contributed by atoms with Gasteiger partial charge in [-0.25, -0.2) is 15.0 Å². The molecule has 4 unspecified atom stereocenters. The molecule has 3 heterocycles. The van der Waals surface area contributed by atoms with Gasteiger partial charge in [-0.05, 0) is 25.0 Å². The van der Waals surface area contributed by atoms with Crippen LogP contribution < -0.4 is 5.32 Å². The molecule has 5 rings (SSSR count). The predicted molar refractivity (Wildman–Crippen MR) is 131 cm³/mol. The SMILES string of the molecule is Cc1cccc(C(CNc2ncnc3c2ncn3C2OC(CO)C(O)C2O)c2cccc(C)c2)c1. The van der Waals surface area contributed by atoms with E-state index in [1.807, 2.05) is 0 Å². The molecule has 1 saturated heterocycles. The summed E-state index contributed by atoms with van der Waals surface area (Å²) in [4.78, 5) is 13.2. The minimum atomic E-state index is -1.22. The molecule has 4 atom stereocenters. The van der Waals surface area contributed by atoms with Crippen molar-refractivity contribution >= 4 is 17.0 Å². The highest BCUT2D eigenvalue weighted by Gasteiger charge is 2.44. The monoisotopic (exact) mass is 475 g/mol. The van der Waals surface area contributed by atoms with Gasteiger partial charge in [0.1, 0.15) is 24.6 Å². The minimum absolute atomic E-state index is 0.0855. The number of aliphatic hydroxyl groups is 3. The van der Waals surface area contributed by atoms with Crippen molar-refractivity contribution in [3.05, 3.63) is 83.4 Å². The second kappa shape index (κ2) is 9.71. The average Bonchev–Trinajstić information content (AvgIpc) is 3.40. The molecule has 4 N–H and O–H groups in total. The molecule has 4 aromatic rings. The number of benzene rings is 2. The predicted octanol–water partition coefficient (Wildman–Crippen LogP) is 2.30. The molecule has 0 spiro atoms. The van der Waals surface area contributed by atoms with Gasteiger partial charge in [-0.3, -0.25) is 4.57 Å². The van der Waals surface area contributed by atoms with Crippen LogP contribution in [0.5, 0.6) is 0 Å². The fraction of sp³-hybridized carbons (Fsp3) is 0.346. The molecule has 9 nitrogen and oxygen atoms in total. The molecule has 1 aliphatic heterocycles. The first kappa shape index (κ1) is 23.4.